The van der Waals surface area contributed by atoms with Crippen LogP contribution in [0.25, 0.3) is 0 Å². The highest BCUT2D eigenvalue weighted by atomic mass is 79.9. The van der Waals surface area contributed by atoms with E-state index in [1.54, 1.807) is 18.2 Å². The van der Waals surface area contributed by atoms with Crippen LogP contribution >= 0.6 is 15.9 Å². The van der Waals surface area contributed by atoms with Crippen LogP contribution < -0.4 is 4.74 Å². The first-order valence-electron chi connectivity index (χ1n) is 5.76. The molecule has 2 rings (SSSR count). The number of sulfonamides is 1. The lowest BCUT2D eigenvalue weighted by Gasteiger charge is -2.18. The molecule has 0 saturated heterocycles. The van der Waals surface area contributed by atoms with Crippen LogP contribution in [0.1, 0.15) is 5.56 Å². The predicted octanol–water partition coefficient (Wildman–Crippen LogP) is 2.87. The minimum absolute atomic E-state index is 0.125. The molecule has 0 amide bonds. The van der Waals surface area contributed by atoms with Crippen molar-refractivity contribution in [3.8, 4) is 5.75 Å². The van der Waals surface area contributed by atoms with Gasteiger partial charge < -0.3 is 9.15 Å². The van der Waals surface area contributed by atoms with Crippen LogP contribution in [-0.2, 0) is 16.6 Å². The molecule has 0 saturated carbocycles. The first-order valence-corrected chi connectivity index (χ1v) is 7.99. The van der Waals surface area contributed by atoms with Gasteiger partial charge in [-0.3, -0.25) is 0 Å². The number of benzene rings is 1. The Morgan fingerprint density at radius 1 is 1.35 bits per heavy atom. The molecule has 1 aromatic heterocycles. The van der Waals surface area contributed by atoms with Gasteiger partial charge in [0.15, 0.2) is 0 Å². The van der Waals surface area contributed by atoms with Crippen LogP contribution in [0.3, 0.4) is 0 Å². The van der Waals surface area contributed by atoms with E-state index >= 15 is 0 Å². The number of hydrogen-bond acceptors (Lipinski definition) is 4. The zero-order valence-corrected chi connectivity index (χ0v) is 13.4. The lowest BCUT2D eigenvalue weighted by molar-refractivity contribution is 0.397. The molecule has 0 aliphatic rings. The summed E-state index contributed by atoms with van der Waals surface area (Å²) in [6.07, 6.45) is 3.03. The van der Waals surface area contributed by atoms with Crippen molar-refractivity contribution in [1.82, 2.24) is 4.31 Å². The second-order valence-electron chi connectivity index (χ2n) is 4.19. The summed E-state index contributed by atoms with van der Waals surface area (Å²) in [5.74, 6) is 0.312. The third-order valence-corrected chi connectivity index (χ3v) is 5.12. The number of furan rings is 1. The van der Waals surface area contributed by atoms with Gasteiger partial charge in [-0.2, -0.15) is 4.31 Å². The Kier molecular flexibility index (Phi) is 4.52. The Bertz CT molecular complexity index is 682. The SMILES string of the molecule is COc1ccc(Br)cc1S(=O)(=O)N(C)Cc1ccoc1. The van der Waals surface area contributed by atoms with Crippen LogP contribution in [0.2, 0.25) is 0 Å². The average molecular weight is 360 g/mol. The normalized spacial score (nSPS) is 11.8. The summed E-state index contributed by atoms with van der Waals surface area (Å²) in [5.41, 5.74) is 0.782. The Balaban J connectivity index is 2.36. The average Bonchev–Trinajstić information content (AvgIpc) is 2.91. The number of hydrogen-bond donors (Lipinski definition) is 0. The summed E-state index contributed by atoms with van der Waals surface area (Å²) >= 11 is 3.27. The molecule has 0 aliphatic carbocycles. The molecule has 0 unspecified atom stereocenters. The molecule has 0 aliphatic heterocycles. The fourth-order valence-electron chi connectivity index (χ4n) is 1.74. The van der Waals surface area contributed by atoms with E-state index in [2.05, 4.69) is 15.9 Å². The quantitative estimate of drug-likeness (QED) is 0.823. The molecule has 0 spiro atoms. The molecule has 0 bridgehead atoms. The topological polar surface area (TPSA) is 59.8 Å². The highest BCUT2D eigenvalue weighted by Crippen LogP contribution is 2.29. The minimum atomic E-state index is -3.64. The van der Waals surface area contributed by atoms with Gasteiger partial charge in [-0.25, -0.2) is 8.42 Å². The smallest absolute Gasteiger partial charge is 0.246 e. The van der Waals surface area contributed by atoms with Crippen molar-refractivity contribution in [2.24, 2.45) is 0 Å². The summed E-state index contributed by atoms with van der Waals surface area (Å²) in [6, 6.07) is 6.60. The molecule has 0 fully saturated rings. The third kappa shape index (κ3) is 3.05. The summed E-state index contributed by atoms with van der Waals surface area (Å²) in [5, 5.41) is 0. The monoisotopic (exact) mass is 359 g/mol. The first kappa shape index (κ1) is 15.1. The van der Waals surface area contributed by atoms with Crippen LogP contribution in [0.5, 0.6) is 5.75 Å². The molecule has 20 heavy (non-hydrogen) atoms. The maximum Gasteiger partial charge on any atom is 0.246 e. The van der Waals surface area contributed by atoms with Gasteiger partial charge in [0.2, 0.25) is 10.0 Å². The molecule has 1 aromatic carbocycles. The van der Waals surface area contributed by atoms with Crippen LogP contribution in [0.4, 0.5) is 0 Å². The van der Waals surface area contributed by atoms with E-state index in [9.17, 15) is 8.42 Å². The number of halogens is 1. The minimum Gasteiger partial charge on any atom is -0.495 e. The van der Waals surface area contributed by atoms with E-state index in [4.69, 9.17) is 9.15 Å². The Morgan fingerprint density at radius 3 is 2.70 bits per heavy atom. The standard InChI is InChI=1S/C13H14BrNO4S/c1-15(8-10-5-6-19-9-10)20(16,17)13-7-11(14)3-4-12(13)18-2/h3-7,9H,8H2,1-2H3. The molecule has 2 aromatic rings. The molecule has 1 heterocycles. The van der Waals surface area contributed by atoms with Gasteiger partial charge in [0.25, 0.3) is 0 Å². The first-order chi connectivity index (χ1) is 9.45. The molecule has 5 nitrogen and oxygen atoms in total. The van der Waals surface area contributed by atoms with E-state index in [0.29, 0.717) is 10.2 Å². The van der Waals surface area contributed by atoms with Gasteiger partial charge in [0.05, 0.1) is 19.6 Å². The van der Waals surface area contributed by atoms with Crippen molar-refractivity contribution >= 4 is 26.0 Å². The molecular formula is C13H14BrNO4S. The maximum atomic E-state index is 12.6. The van der Waals surface area contributed by atoms with Crippen molar-refractivity contribution in [2.45, 2.75) is 11.4 Å². The van der Waals surface area contributed by atoms with E-state index in [1.807, 2.05) is 0 Å². The van der Waals surface area contributed by atoms with E-state index in [-0.39, 0.29) is 11.4 Å². The molecule has 108 valence electrons. The third-order valence-electron chi connectivity index (χ3n) is 2.80. The predicted molar refractivity (Wildman–Crippen MR) is 78.1 cm³/mol. The van der Waals surface area contributed by atoms with Crippen molar-refractivity contribution in [1.29, 1.82) is 0 Å². The zero-order chi connectivity index (χ0) is 14.8. The van der Waals surface area contributed by atoms with E-state index < -0.39 is 10.0 Å². The van der Waals surface area contributed by atoms with Gasteiger partial charge >= 0.3 is 0 Å². The molecule has 0 N–H and O–H groups in total. The van der Waals surface area contributed by atoms with Crippen LogP contribution in [0, 0.1) is 0 Å². The number of methoxy groups -OCH3 is 1. The van der Waals surface area contributed by atoms with Gasteiger partial charge in [0, 0.05) is 23.6 Å². The molecule has 0 radical (unpaired) electrons. The lowest BCUT2D eigenvalue weighted by atomic mass is 10.3. The summed E-state index contributed by atoms with van der Waals surface area (Å²) in [4.78, 5) is 0.125. The lowest BCUT2D eigenvalue weighted by Crippen LogP contribution is -2.26. The summed E-state index contributed by atoms with van der Waals surface area (Å²) in [7, 11) is -0.684. The highest BCUT2D eigenvalue weighted by molar-refractivity contribution is 9.10. The van der Waals surface area contributed by atoms with Crippen molar-refractivity contribution in [3.63, 3.8) is 0 Å². The number of ether oxygens (including phenoxy) is 1. The van der Waals surface area contributed by atoms with Crippen LogP contribution in [-0.4, -0.2) is 26.9 Å². The fraction of sp³-hybridized carbons (Fsp3) is 0.231. The Hall–Kier alpha value is -1.31. The van der Waals surface area contributed by atoms with E-state index in [0.717, 1.165) is 5.56 Å². The number of nitrogens with zero attached hydrogens (tertiary/aromatic N) is 1. The largest absolute Gasteiger partial charge is 0.495 e. The van der Waals surface area contributed by atoms with Crippen LogP contribution in [0.15, 0.2) is 50.6 Å². The zero-order valence-electron chi connectivity index (χ0n) is 11.0. The molecule has 7 heteroatoms. The second-order valence-corrected chi connectivity index (χ2v) is 7.12. The van der Waals surface area contributed by atoms with Crippen molar-refractivity contribution in [2.75, 3.05) is 14.2 Å². The summed E-state index contributed by atoms with van der Waals surface area (Å²) in [6.45, 7) is 0.231. The van der Waals surface area contributed by atoms with Gasteiger partial charge in [0.1, 0.15) is 10.6 Å². The van der Waals surface area contributed by atoms with Gasteiger partial charge in [-0.05, 0) is 24.3 Å². The summed E-state index contributed by atoms with van der Waals surface area (Å²) < 4.78 is 37.2. The highest BCUT2D eigenvalue weighted by Gasteiger charge is 2.25. The maximum absolute atomic E-state index is 12.6. The van der Waals surface area contributed by atoms with Crippen molar-refractivity contribution in [3.05, 3.63) is 46.8 Å². The Morgan fingerprint density at radius 2 is 2.10 bits per heavy atom. The van der Waals surface area contributed by atoms with Crippen molar-refractivity contribution < 1.29 is 17.6 Å². The van der Waals surface area contributed by atoms with Gasteiger partial charge in [-0.1, -0.05) is 15.9 Å². The van der Waals surface area contributed by atoms with Gasteiger partial charge in [-0.15, -0.1) is 0 Å². The Labute approximate surface area is 126 Å². The number of rotatable bonds is 5. The fourth-order valence-corrected chi connectivity index (χ4v) is 3.59. The second kappa shape index (κ2) is 5.99. The van der Waals surface area contributed by atoms with E-state index in [1.165, 1.54) is 37.1 Å². The molecule has 0 atom stereocenters. The molecular weight excluding hydrogens is 346 g/mol.